The predicted octanol–water partition coefficient (Wildman–Crippen LogP) is 3.32. The zero-order valence-corrected chi connectivity index (χ0v) is 9.77. The Hall–Kier alpha value is -0.872. The van der Waals surface area contributed by atoms with E-state index < -0.39 is 0 Å². The summed E-state index contributed by atoms with van der Waals surface area (Å²) in [7, 11) is 0. The van der Waals surface area contributed by atoms with Crippen LogP contribution in [0.2, 0.25) is 0 Å². The van der Waals surface area contributed by atoms with Crippen LogP contribution in [-0.2, 0) is 19.8 Å². The van der Waals surface area contributed by atoms with Gasteiger partial charge in [-0.05, 0) is 0 Å². The minimum atomic E-state index is 0.494. The average molecular weight is 263 g/mol. The molecule has 2 aromatic carbocycles. The molecule has 0 aliphatic heterocycles. The standard InChI is InChI=1S/C13H11.Mo/c1-3-7-12(8-4-1)11-13-9-5-2-6-10-13;/h1-11H;. The molecule has 0 saturated heterocycles. The summed E-state index contributed by atoms with van der Waals surface area (Å²) in [6, 6.07) is 21.2. The summed E-state index contributed by atoms with van der Waals surface area (Å²) in [5.74, 6) is 0. The van der Waals surface area contributed by atoms with Crippen LogP contribution in [0.4, 0.5) is 0 Å². The zero-order chi connectivity index (χ0) is 9.80. The SMILES string of the molecule is [Mo][CH](c1ccccc1)c1ccccc1. The Morgan fingerprint density at radius 1 is 0.643 bits per heavy atom. The van der Waals surface area contributed by atoms with Crippen LogP contribution in [0.15, 0.2) is 60.7 Å². The Morgan fingerprint density at radius 3 is 1.36 bits per heavy atom. The van der Waals surface area contributed by atoms with E-state index in [-0.39, 0.29) is 0 Å². The molecule has 0 heterocycles. The van der Waals surface area contributed by atoms with E-state index in [1.54, 1.807) is 0 Å². The molecule has 2 rings (SSSR count). The van der Waals surface area contributed by atoms with Crippen molar-refractivity contribution in [3.63, 3.8) is 0 Å². The van der Waals surface area contributed by atoms with Gasteiger partial charge in [0, 0.05) is 0 Å². The summed E-state index contributed by atoms with van der Waals surface area (Å²) in [5, 5.41) is 0. The van der Waals surface area contributed by atoms with Crippen molar-refractivity contribution in [1.82, 2.24) is 0 Å². The van der Waals surface area contributed by atoms with Gasteiger partial charge in [-0.3, -0.25) is 0 Å². The van der Waals surface area contributed by atoms with Crippen LogP contribution in [0.25, 0.3) is 0 Å². The fraction of sp³-hybridized carbons (Fsp3) is 0.0769. The molecule has 0 aliphatic rings. The van der Waals surface area contributed by atoms with Crippen LogP contribution in [0.3, 0.4) is 0 Å². The molecule has 0 atom stereocenters. The molecule has 1 heteroatoms. The molecule has 0 saturated carbocycles. The molecule has 0 amide bonds. The molecule has 0 N–H and O–H groups in total. The van der Waals surface area contributed by atoms with Gasteiger partial charge in [-0.25, -0.2) is 0 Å². The van der Waals surface area contributed by atoms with E-state index in [4.69, 9.17) is 0 Å². The first-order chi connectivity index (χ1) is 6.88. The normalized spacial score (nSPS) is 10.4. The zero-order valence-electron chi connectivity index (χ0n) is 7.76. The molecule has 0 aromatic heterocycles. The monoisotopic (exact) mass is 265 g/mol. The fourth-order valence-electron chi connectivity index (χ4n) is 1.45. The molecule has 0 fully saturated rings. The Kier molecular flexibility index (Phi) is 3.16. The topological polar surface area (TPSA) is 0 Å². The van der Waals surface area contributed by atoms with Gasteiger partial charge in [0.2, 0.25) is 0 Å². The molecule has 0 unspecified atom stereocenters. The van der Waals surface area contributed by atoms with Gasteiger partial charge in [0.05, 0.1) is 0 Å². The van der Waals surface area contributed by atoms with Crippen molar-refractivity contribution < 1.29 is 19.8 Å². The van der Waals surface area contributed by atoms with Crippen molar-refractivity contribution in [1.29, 1.82) is 0 Å². The van der Waals surface area contributed by atoms with E-state index >= 15 is 0 Å². The van der Waals surface area contributed by atoms with Crippen LogP contribution < -0.4 is 0 Å². The quantitative estimate of drug-likeness (QED) is 0.729. The van der Waals surface area contributed by atoms with Crippen molar-refractivity contribution in [2.45, 2.75) is 4.31 Å². The second kappa shape index (κ2) is 4.57. The third-order valence-corrected chi connectivity index (χ3v) is 3.54. The van der Waals surface area contributed by atoms with Gasteiger partial charge in [0.1, 0.15) is 0 Å². The van der Waals surface area contributed by atoms with E-state index in [2.05, 4.69) is 80.5 Å². The van der Waals surface area contributed by atoms with Gasteiger partial charge in [-0.15, -0.1) is 0 Å². The minimum absolute atomic E-state index is 0.494. The molecule has 69 valence electrons. The third kappa shape index (κ3) is 2.13. The Morgan fingerprint density at radius 2 is 1.00 bits per heavy atom. The van der Waals surface area contributed by atoms with Gasteiger partial charge in [0.25, 0.3) is 0 Å². The van der Waals surface area contributed by atoms with Crippen LogP contribution in [0, 0.1) is 0 Å². The van der Waals surface area contributed by atoms with Gasteiger partial charge >= 0.3 is 95.9 Å². The number of rotatable bonds is 2. The second-order valence-corrected chi connectivity index (χ2v) is 4.36. The summed E-state index contributed by atoms with van der Waals surface area (Å²) < 4.78 is 0.494. The summed E-state index contributed by atoms with van der Waals surface area (Å²) in [5.41, 5.74) is 2.76. The van der Waals surface area contributed by atoms with Gasteiger partial charge in [-0.2, -0.15) is 0 Å². The van der Waals surface area contributed by atoms with E-state index in [1.165, 1.54) is 11.1 Å². The van der Waals surface area contributed by atoms with Gasteiger partial charge in [-0.1, -0.05) is 0 Å². The second-order valence-electron chi connectivity index (χ2n) is 3.20. The van der Waals surface area contributed by atoms with E-state index in [9.17, 15) is 0 Å². The van der Waals surface area contributed by atoms with Crippen LogP contribution in [-0.4, -0.2) is 0 Å². The maximum absolute atomic E-state index is 2.18. The molecule has 2 aromatic rings. The molecule has 0 spiro atoms. The number of benzene rings is 2. The van der Waals surface area contributed by atoms with Gasteiger partial charge < -0.3 is 0 Å². The molecule has 0 nitrogen and oxygen atoms in total. The predicted molar refractivity (Wildman–Crippen MR) is 54.7 cm³/mol. The summed E-state index contributed by atoms with van der Waals surface area (Å²) in [4.78, 5) is 0. The van der Waals surface area contributed by atoms with E-state index in [0.29, 0.717) is 4.31 Å². The maximum atomic E-state index is 2.18. The van der Waals surface area contributed by atoms with E-state index in [1.807, 2.05) is 0 Å². The van der Waals surface area contributed by atoms with Gasteiger partial charge in [0.15, 0.2) is 0 Å². The number of hydrogen-bond donors (Lipinski definition) is 0. The summed E-state index contributed by atoms with van der Waals surface area (Å²) in [6.07, 6.45) is 0. The van der Waals surface area contributed by atoms with Crippen molar-refractivity contribution in [3.05, 3.63) is 71.8 Å². The molecular formula is C13H11Mo. The summed E-state index contributed by atoms with van der Waals surface area (Å²) >= 11 is 2.16. The first-order valence-electron chi connectivity index (χ1n) is 4.63. The average Bonchev–Trinajstić information content (AvgIpc) is 2.30. The summed E-state index contributed by atoms with van der Waals surface area (Å²) in [6.45, 7) is 0. The van der Waals surface area contributed by atoms with Crippen LogP contribution >= 0.6 is 0 Å². The van der Waals surface area contributed by atoms with Crippen molar-refractivity contribution in [2.24, 2.45) is 0 Å². The molecule has 0 radical (unpaired) electrons. The van der Waals surface area contributed by atoms with Crippen molar-refractivity contribution >= 4 is 0 Å². The number of hydrogen-bond acceptors (Lipinski definition) is 0. The Balaban J connectivity index is 2.30. The first-order valence-corrected chi connectivity index (χ1v) is 5.79. The molecule has 14 heavy (non-hydrogen) atoms. The first kappa shape index (κ1) is 9.67. The van der Waals surface area contributed by atoms with Crippen LogP contribution in [0.5, 0.6) is 0 Å². The van der Waals surface area contributed by atoms with E-state index in [0.717, 1.165) is 0 Å². The van der Waals surface area contributed by atoms with Crippen molar-refractivity contribution in [2.75, 3.05) is 0 Å². The fourth-order valence-corrected chi connectivity index (χ4v) is 2.22. The molecular weight excluding hydrogens is 252 g/mol. The third-order valence-electron chi connectivity index (χ3n) is 2.20. The Bertz CT molecular complexity index is 341. The molecule has 0 aliphatic carbocycles. The van der Waals surface area contributed by atoms with Crippen molar-refractivity contribution in [3.8, 4) is 0 Å². The molecule has 0 bridgehead atoms. The van der Waals surface area contributed by atoms with Crippen LogP contribution in [0.1, 0.15) is 15.4 Å². The Labute approximate surface area is 95.9 Å².